The molecular formula is C13H14F3NO5S. The molecule has 0 unspecified atom stereocenters. The zero-order valence-electron chi connectivity index (χ0n) is 11.8. The number of hydrogen-bond acceptors (Lipinski definition) is 4. The number of benzene rings is 1. The number of alkyl halides is 3. The van der Waals surface area contributed by atoms with Crippen LogP contribution in [0, 0.1) is 5.92 Å². The van der Waals surface area contributed by atoms with E-state index in [1.54, 1.807) is 0 Å². The molecule has 1 aliphatic heterocycles. The van der Waals surface area contributed by atoms with Crippen molar-refractivity contribution in [2.24, 2.45) is 5.92 Å². The van der Waals surface area contributed by atoms with Crippen LogP contribution in [0.1, 0.15) is 12.8 Å². The fourth-order valence-corrected chi connectivity index (χ4v) is 3.83. The van der Waals surface area contributed by atoms with Gasteiger partial charge in [-0.15, -0.1) is 13.2 Å². The van der Waals surface area contributed by atoms with Crippen molar-refractivity contribution < 1.29 is 36.2 Å². The lowest BCUT2D eigenvalue weighted by Gasteiger charge is -2.29. The third kappa shape index (κ3) is 4.35. The van der Waals surface area contributed by atoms with Crippen LogP contribution in [0.25, 0.3) is 0 Å². The van der Waals surface area contributed by atoms with Crippen molar-refractivity contribution in [2.45, 2.75) is 24.1 Å². The summed E-state index contributed by atoms with van der Waals surface area (Å²) in [5.74, 6) is -2.22. The predicted molar refractivity (Wildman–Crippen MR) is 72.2 cm³/mol. The number of rotatable bonds is 4. The Morgan fingerprint density at radius 1 is 1.26 bits per heavy atom. The molecule has 0 aromatic heterocycles. The van der Waals surface area contributed by atoms with Crippen molar-refractivity contribution in [3.63, 3.8) is 0 Å². The van der Waals surface area contributed by atoms with E-state index in [0.717, 1.165) is 22.5 Å². The van der Waals surface area contributed by atoms with Crippen LogP contribution in [-0.4, -0.2) is 43.3 Å². The fraction of sp³-hybridized carbons (Fsp3) is 0.462. The van der Waals surface area contributed by atoms with Crippen LogP contribution in [-0.2, 0) is 14.8 Å². The number of piperidine rings is 1. The average molecular weight is 353 g/mol. The monoisotopic (exact) mass is 353 g/mol. The highest BCUT2D eigenvalue weighted by Crippen LogP contribution is 2.28. The van der Waals surface area contributed by atoms with Crippen molar-refractivity contribution in [1.82, 2.24) is 4.31 Å². The lowest BCUT2D eigenvalue weighted by Crippen LogP contribution is -2.40. The fourth-order valence-electron chi connectivity index (χ4n) is 2.32. The highest BCUT2D eigenvalue weighted by atomic mass is 32.2. The third-order valence-corrected chi connectivity index (χ3v) is 5.37. The van der Waals surface area contributed by atoms with Gasteiger partial charge < -0.3 is 9.84 Å². The maximum atomic E-state index is 12.4. The van der Waals surface area contributed by atoms with Gasteiger partial charge in [0, 0.05) is 19.2 Å². The summed E-state index contributed by atoms with van der Waals surface area (Å²) in [7, 11) is -4.00. The first-order valence-corrected chi connectivity index (χ1v) is 8.12. The number of sulfonamides is 1. The number of nitrogens with zero attached hydrogens (tertiary/aromatic N) is 1. The molecular weight excluding hydrogens is 339 g/mol. The summed E-state index contributed by atoms with van der Waals surface area (Å²) in [6, 6.07) is 4.12. The Morgan fingerprint density at radius 2 is 1.87 bits per heavy atom. The highest BCUT2D eigenvalue weighted by molar-refractivity contribution is 7.89. The zero-order valence-corrected chi connectivity index (χ0v) is 12.6. The molecule has 1 N–H and O–H groups in total. The average Bonchev–Trinajstić information content (AvgIpc) is 2.46. The van der Waals surface area contributed by atoms with Crippen molar-refractivity contribution in [3.05, 3.63) is 24.3 Å². The number of carbonyl (C=O) groups is 1. The first-order chi connectivity index (χ1) is 10.6. The van der Waals surface area contributed by atoms with Gasteiger partial charge in [-0.3, -0.25) is 4.79 Å². The lowest BCUT2D eigenvalue weighted by atomic mass is 9.99. The molecule has 1 saturated heterocycles. The summed E-state index contributed by atoms with van der Waals surface area (Å²) >= 11 is 0. The summed E-state index contributed by atoms with van der Waals surface area (Å²) in [6.07, 6.45) is -4.59. The second-order valence-corrected chi connectivity index (χ2v) is 6.98. The van der Waals surface area contributed by atoms with Gasteiger partial charge in [-0.1, -0.05) is 6.07 Å². The first-order valence-electron chi connectivity index (χ1n) is 6.68. The van der Waals surface area contributed by atoms with Crippen LogP contribution in [0.2, 0.25) is 0 Å². The molecule has 0 aliphatic carbocycles. The van der Waals surface area contributed by atoms with E-state index in [9.17, 15) is 26.4 Å². The van der Waals surface area contributed by atoms with Crippen LogP contribution in [0.5, 0.6) is 5.75 Å². The Hall–Kier alpha value is -1.81. The van der Waals surface area contributed by atoms with Gasteiger partial charge in [0.25, 0.3) is 0 Å². The second-order valence-electron chi connectivity index (χ2n) is 5.04. The van der Waals surface area contributed by atoms with E-state index >= 15 is 0 Å². The van der Waals surface area contributed by atoms with Crippen molar-refractivity contribution >= 4 is 16.0 Å². The minimum atomic E-state index is -4.91. The van der Waals surface area contributed by atoms with Gasteiger partial charge in [0.15, 0.2) is 0 Å². The van der Waals surface area contributed by atoms with E-state index in [2.05, 4.69) is 4.74 Å². The maximum absolute atomic E-state index is 12.4. The number of carboxylic acid groups (broad SMARTS) is 1. The van der Waals surface area contributed by atoms with Gasteiger partial charge in [-0.25, -0.2) is 8.42 Å². The lowest BCUT2D eigenvalue weighted by molar-refractivity contribution is -0.274. The third-order valence-electron chi connectivity index (χ3n) is 3.48. The molecule has 0 saturated carbocycles. The van der Waals surface area contributed by atoms with E-state index in [0.29, 0.717) is 0 Å². The molecule has 0 atom stereocenters. The standard InChI is InChI=1S/C13H14F3NO5S/c14-13(15,16)22-10-2-1-3-11(8-10)23(20,21)17-6-4-9(5-7-17)12(18)19/h1-3,8-9H,4-7H2,(H,18,19). The molecule has 0 radical (unpaired) electrons. The molecule has 0 spiro atoms. The molecule has 10 heteroatoms. The van der Waals surface area contributed by atoms with E-state index in [-0.39, 0.29) is 30.8 Å². The van der Waals surface area contributed by atoms with Crippen molar-refractivity contribution in [2.75, 3.05) is 13.1 Å². The summed E-state index contributed by atoms with van der Waals surface area (Å²) in [4.78, 5) is 10.5. The SMILES string of the molecule is O=C(O)C1CCN(S(=O)(=O)c2cccc(OC(F)(F)F)c2)CC1. The van der Waals surface area contributed by atoms with Crippen LogP contribution < -0.4 is 4.74 Å². The molecule has 128 valence electrons. The molecule has 1 aliphatic rings. The van der Waals surface area contributed by atoms with E-state index < -0.39 is 34.0 Å². The number of ether oxygens (including phenoxy) is 1. The van der Waals surface area contributed by atoms with Crippen molar-refractivity contribution in [1.29, 1.82) is 0 Å². The Labute approximate surface area is 130 Å². The van der Waals surface area contributed by atoms with Gasteiger partial charge in [0.1, 0.15) is 5.75 Å². The van der Waals surface area contributed by atoms with Crippen LogP contribution in [0.4, 0.5) is 13.2 Å². The molecule has 6 nitrogen and oxygen atoms in total. The predicted octanol–water partition coefficient (Wildman–Crippen LogP) is 2.07. The maximum Gasteiger partial charge on any atom is 0.573 e. The molecule has 1 heterocycles. The Morgan fingerprint density at radius 3 is 2.39 bits per heavy atom. The van der Waals surface area contributed by atoms with Gasteiger partial charge in [-0.05, 0) is 25.0 Å². The number of aliphatic carboxylic acids is 1. The van der Waals surface area contributed by atoms with Gasteiger partial charge in [-0.2, -0.15) is 4.31 Å². The normalized spacial score (nSPS) is 17.9. The van der Waals surface area contributed by atoms with Crippen LogP contribution in [0.3, 0.4) is 0 Å². The Balaban J connectivity index is 2.17. The Kier molecular flexibility index (Phi) is 4.85. The molecule has 2 rings (SSSR count). The molecule has 1 fully saturated rings. The van der Waals surface area contributed by atoms with Crippen molar-refractivity contribution in [3.8, 4) is 5.75 Å². The summed E-state index contributed by atoms with van der Waals surface area (Å²) in [6.45, 7) is 0.00725. The number of halogens is 3. The number of hydrogen-bond donors (Lipinski definition) is 1. The zero-order chi connectivity index (χ0) is 17.3. The van der Waals surface area contributed by atoms with Crippen LogP contribution >= 0.6 is 0 Å². The smallest absolute Gasteiger partial charge is 0.481 e. The summed E-state index contributed by atoms with van der Waals surface area (Å²) in [5.41, 5.74) is 0. The minimum absolute atomic E-state index is 0.00363. The first kappa shape index (κ1) is 17.5. The highest BCUT2D eigenvalue weighted by Gasteiger charge is 2.34. The van der Waals surface area contributed by atoms with Gasteiger partial charge in [0.2, 0.25) is 10.0 Å². The minimum Gasteiger partial charge on any atom is -0.481 e. The van der Waals surface area contributed by atoms with E-state index in [1.165, 1.54) is 6.07 Å². The molecule has 23 heavy (non-hydrogen) atoms. The molecule has 0 bridgehead atoms. The number of carboxylic acids is 1. The van der Waals surface area contributed by atoms with E-state index in [1.807, 2.05) is 0 Å². The topological polar surface area (TPSA) is 83.9 Å². The summed E-state index contributed by atoms with van der Waals surface area (Å²) < 4.78 is 66.2. The second kappa shape index (κ2) is 6.36. The van der Waals surface area contributed by atoms with Gasteiger partial charge in [0.05, 0.1) is 10.8 Å². The largest absolute Gasteiger partial charge is 0.573 e. The molecule has 1 aromatic carbocycles. The van der Waals surface area contributed by atoms with E-state index in [4.69, 9.17) is 5.11 Å². The quantitative estimate of drug-likeness (QED) is 0.896. The summed E-state index contributed by atoms with van der Waals surface area (Å²) in [5, 5.41) is 8.90. The molecule has 0 amide bonds. The van der Waals surface area contributed by atoms with Gasteiger partial charge >= 0.3 is 12.3 Å². The Bertz CT molecular complexity index is 681. The van der Waals surface area contributed by atoms with Crippen LogP contribution in [0.15, 0.2) is 29.2 Å². The molecule has 1 aromatic rings.